The molecule has 0 aromatic heterocycles. The van der Waals surface area contributed by atoms with Crippen molar-refractivity contribution in [3.05, 3.63) is 29.8 Å². The van der Waals surface area contributed by atoms with Crippen LogP contribution in [-0.4, -0.2) is 61.3 Å². The maximum absolute atomic E-state index is 13.0. The van der Waals surface area contributed by atoms with Crippen LogP contribution in [0.5, 0.6) is 5.75 Å². The van der Waals surface area contributed by atoms with Crippen molar-refractivity contribution in [2.75, 3.05) is 38.3 Å². The molecule has 0 saturated carbocycles. The fraction of sp³-hybridized carbons (Fsp3) is 0.632. The minimum Gasteiger partial charge on any atom is -0.496 e. The van der Waals surface area contributed by atoms with Crippen molar-refractivity contribution in [1.82, 2.24) is 10.2 Å². The van der Waals surface area contributed by atoms with Gasteiger partial charge in [-0.05, 0) is 18.9 Å². The molecule has 2 unspecified atom stereocenters. The van der Waals surface area contributed by atoms with Gasteiger partial charge >= 0.3 is 0 Å². The van der Waals surface area contributed by atoms with E-state index >= 15 is 0 Å². The fourth-order valence-electron chi connectivity index (χ4n) is 3.42. The molecule has 7 heteroatoms. The molecule has 2 saturated heterocycles. The Labute approximate surface area is 166 Å². The van der Waals surface area contributed by atoms with Crippen LogP contribution < -0.4 is 10.1 Å². The molecule has 26 heavy (non-hydrogen) atoms. The number of para-hydroxylation sites is 1. The number of amides is 1. The van der Waals surface area contributed by atoms with Crippen molar-refractivity contribution < 1.29 is 14.3 Å². The number of halogens is 1. The first-order valence-electron chi connectivity index (χ1n) is 9.08. The molecule has 2 heterocycles. The summed E-state index contributed by atoms with van der Waals surface area (Å²) in [5.74, 6) is 3.17. The first kappa shape index (κ1) is 21.4. The van der Waals surface area contributed by atoms with Gasteiger partial charge in [0.05, 0.1) is 13.2 Å². The molecule has 2 atom stereocenters. The van der Waals surface area contributed by atoms with E-state index in [1.807, 2.05) is 40.9 Å². The van der Waals surface area contributed by atoms with Gasteiger partial charge in [0.25, 0.3) is 0 Å². The van der Waals surface area contributed by atoms with Crippen molar-refractivity contribution in [3.8, 4) is 5.75 Å². The number of methoxy groups -OCH3 is 1. The molecule has 1 N–H and O–H groups in total. The van der Waals surface area contributed by atoms with E-state index in [-0.39, 0.29) is 30.5 Å². The molecule has 2 aliphatic heterocycles. The van der Waals surface area contributed by atoms with E-state index < -0.39 is 0 Å². The average molecular weight is 401 g/mol. The van der Waals surface area contributed by atoms with Crippen molar-refractivity contribution >= 4 is 30.1 Å². The largest absolute Gasteiger partial charge is 0.496 e. The van der Waals surface area contributed by atoms with Crippen LogP contribution in [0.3, 0.4) is 0 Å². The number of benzene rings is 1. The summed E-state index contributed by atoms with van der Waals surface area (Å²) >= 11 is 1.92. The summed E-state index contributed by atoms with van der Waals surface area (Å²) in [5, 5.41) is 3.46. The number of carbonyl (C=O) groups is 1. The number of hydrogen-bond acceptors (Lipinski definition) is 5. The lowest BCUT2D eigenvalue weighted by Gasteiger charge is -2.29. The maximum Gasteiger partial charge on any atom is 0.224 e. The summed E-state index contributed by atoms with van der Waals surface area (Å²) in [5.41, 5.74) is 1.04. The first-order chi connectivity index (χ1) is 12.3. The topological polar surface area (TPSA) is 50.8 Å². The second kappa shape index (κ2) is 11.0. The van der Waals surface area contributed by atoms with Gasteiger partial charge in [0, 0.05) is 55.8 Å². The molecule has 1 amide bonds. The van der Waals surface area contributed by atoms with Crippen LogP contribution in [0.1, 0.15) is 24.8 Å². The Morgan fingerprint density at radius 2 is 2.27 bits per heavy atom. The molecule has 0 spiro atoms. The number of thioether (sulfide) groups is 1. The number of hydrogen-bond donors (Lipinski definition) is 1. The van der Waals surface area contributed by atoms with Crippen LogP contribution >= 0.6 is 24.2 Å². The smallest absolute Gasteiger partial charge is 0.224 e. The Kier molecular flexibility index (Phi) is 9.05. The Morgan fingerprint density at radius 3 is 2.96 bits per heavy atom. The highest BCUT2D eigenvalue weighted by atomic mass is 35.5. The highest BCUT2D eigenvalue weighted by Crippen LogP contribution is 2.22. The van der Waals surface area contributed by atoms with Gasteiger partial charge in [0.2, 0.25) is 5.91 Å². The molecule has 0 aliphatic carbocycles. The van der Waals surface area contributed by atoms with Crippen molar-refractivity contribution in [3.63, 3.8) is 0 Å². The van der Waals surface area contributed by atoms with Gasteiger partial charge in [-0.15, -0.1) is 12.4 Å². The maximum atomic E-state index is 13.0. The lowest BCUT2D eigenvalue weighted by molar-refractivity contribution is -0.133. The zero-order valence-corrected chi connectivity index (χ0v) is 16.9. The molecule has 5 nitrogen and oxygen atoms in total. The predicted molar refractivity (Wildman–Crippen MR) is 108 cm³/mol. The van der Waals surface area contributed by atoms with E-state index in [0.717, 1.165) is 48.8 Å². The van der Waals surface area contributed by atoms with E-state index in [1.54, 1.807) is 7.11 Å². The molecular formula is C19H29ClN2O3S. The number of nitrogens with one attached hydrogen (secondary N) is 1. The van der Waals surface area contributed by atoms with Gasteiger partial charge < -0.3 is 19.7 Å². The monoisotopic (exact) mass is 400 g/mol. The quantitative estimate of drug-likeness (QED) is 0.762. The Balaban J connectivity index is 0.00000243. The van der Waals surface area contributed by atoms with Crippen LogP contribution in [-0.2, 0) is 16.1 Å². The van der Waals surface area contributed by atoms with Gasteiger partial charge in [-0.1, -0.05) is 18.2 Å². The van der Waals surface area contributed by atoms with E-state index in [4.69, 9.17) is 9.47 Å². The van der Waals surface area contributed by atoms with Crippen LogP contribution in [0, 0.1) is 0 Å². The minimum atomic E-state index is 0. The SMILES string of the molecule is COc1ccccc1CN(CC1CCCO1)C(=O)CC1CSCCN1.Cl. The van der Waals surface area contributed by atoms with Crippen LogP contribution in [0.15, 0.2) is 24.3 Å². The number of ether oxygens (including phenoxy) is 2. The van der Waals surface area contributed by atoms with Crippen molar-refractivity contribution in [2.45, 2.75) is 38.0 Å². The molecule has 2 aliphatic rings. The molecular weight excluding hydrogens is 372 g/mol. The first-order valence-corrected chi connectivity index (χ1v) is 10.2. The average Bonchev–Trinajstić information content (AvgIpc) is 3.15. The molecule has 0 radical (unpaired) electrons. The molecule has 0 bridgehead atoms. The number of nitrogens with zero attached hydrogens (tertiary/aromatic N) is 1. The van der Waals surface area contributed by atoms with Gasteiger partial charge in [-0.25, -0.2) is 0 Å². The Morgan fingerprint density at radius 1 is 1.42 bits per heavy atom. The van der Waals surface area contributed by atoms with Gasteiger partial charge in [0.15, 0.2) is 0 Å². The number of carbonyl (C=O) groups excluding carboxylic acids is 1. The standard InChI is InChI=1S/C19H28N2O3S.ClH/c1-23-18-7-3-2-5-15(18)12-21(13-17-6-4-9-24-17)19(22)11-16-14-25-10-8-20-16;/h2-3,5,7,16-17,20H,4,6,8-14H2,1H3;1H. The summed E-state index contributed by atoms with van der Waals surface area (Å²) in [6.45, 7) is 3.03. The van der Waals surface area contributed by atoms with Crippen LogP contribution in [0.4, 0.5) is 0 Å². The summed E-state index contributed by atoms with van der Waals surface area (Å²) < 4.78 is 11.2. The molecule has 146 valence electrons. The second-order valence-corrected chi connectivity index (χ2v) is 7.80. The highest BCUT2D eigenvalue weighted by molar-refractivity contribution is 7.99. The van der Waals surface area contributed by atoms with Crippen molar-refractivity contribution in [2.24, 2.45) is 0 Å². The highest BCUT2D eigenvalue weighted by Gasteiger charge is 2.26. The predicted octanol–water partition coefficient (Wildman–Crippen LogP) is 2.72. The third-order valence-electron chi connectivity index (χ3n) is 4.77. The van der Waals surface area contributed by atoms with Crippen molar-refractivity contribution in [1.29, 1.82) is 0 Å². The summed E-state index contributed by atoms with van der Waals surface area (Å²) in [4.78, 5) is 14.9. The lowest BCUT2D eigenvalue weighted by atomic mass is 10.1. The van der Waals surface area contributed by atoms with E-state index in [9.17, 15) is 4.79 Å². The van der Waals surface area contributed by atoms with E-state index in [0.29, 0.717) is 19.5 Å². The van der Waals surface area contributed by atoms with E-state index in [1.165, 1.54) is 0 Å². The third-order valence-corrected chi connectivity index (χ3v) is 5.90. The Hall–Kier alpha value is -0.950. The summed E-state index contributed by atoms with van der Waals surface area (Å²) in [7, 11) is 1.67. The molecule has 2 fully saturated rings. The zero-order chi connectivity index (χ0) is 17.5. The molecule has 1 aromatic rings. The third kappa shape index (κ3) is 6.05. The molecule has 1 aromatic carbocycles. The normalized spacial score (nSPS) is 22.5. The summed E-state index contributed by atoms with van der Waals surface area (Å²) in [6.07, 6.45) is 2.83. The van der Waals surface area contributed by atoms with Crippen LogP contribution in [0.2, 0.25) is 0 Å². The van der Waals surface area contributed by atoms with Gasteiger partial charge in [-0.3, -0.25) is 4.79 Å². The lowest BCUT2D eigenvalue weighted by Crippen LogP contribution is -2.44. The Bertz CT molecular complexity index is 563. The second-order valence-electron chi connectivity index (χ2n) is 6.65. The van der Waals surface area contributed by atoms with Crippen LogP contribution in [0.25, 0.3) is 0 Å². The van der Waals surface area contributed by atoms with Gasteiger partial charge in [0.1, 0.15) is 5.75 Å². The minimum absolute atomic E-state index is 0. The van der Waals surface area contributed by atoms with Gasteiger partial charge in [-0.2, -0.15) is 11.8 Å². The zero-order valence-electron chi connectivity index (χ0n) is 15.3. The van der Waals surface area contributed by atoms with E-state index in [2.05, 4.69) is 5.32 Å². The summed E-state index contributed by atoms with van der Waals surface area (Å²) in [6, 6.07) is 8.20. The number of rotatable bonds is 7. The molecule has 3 rings (SSSR count). The fourth-order valence-corrected chi connectivity index (χ4v) is 4.37.